The van der Waals surface area contributed by atoms with Gasteiger partial charge >= 0.3 is 6.09 Å². The summed E-state index contributed by atoms with van der Waals surface area (Å²) in [4.78, 5) is 28.0. The number of likely N-dealkylation sites (tertiary alicyclic amines) is 1. The number of amides is 1. The number of carbonyl (C=O) groups is 1. The van der Waals surface area contributed by atoms with Crippen LogP contribution in [-0.2, 0) is 6.42 Å². The average molecular weight is 603 g/mol. The molecule has 2 fully saturated rings. The number of hydrogen-bond donors (Lipinski definition) is 1. The Morgan fingerprint density at radius 3 is 2.56 bits per heavy atom. The molecule has 0 saturated carbocycles. The summed E-state index contributed by atoms with van der Waals surface area (Å²) in [5.74, 6) is 1.23. The minimum atomic E-state index is -0.850. The first-order chi connectivity index (χ1) is 20.5. The van der Waals surface area contributed by atoms with Crippen LogP contribution in [0, 0.1) is 28.0 Å². The van der Waals surface area contributed by atoms with E-state index in [1.165, 1.54) is 23.5 Å². The van der Waals surface area contributed by atoms with E-state index in [1.54, 1.807) is 17.0 Å². The highest BCUT2D eigenvalue weighted by Crippen LogP contribution is 2.51. The van der Waals surface area contributed by atoms with Crippen molar-refractivity contribution in [1.29, 1.82) is 5.26 Å². The number of halogens is 1. The predicted molar refractivity (Wildman–Crippen MR) is 165 cm³/mol. The Morgan fingerprint density at radius 2 is 1.91 bits per heavy atom. The molecule has 1 amide bonds. The maximum Gasteiger partial charge on any atom is 0.407 e. The van der Waals surface area contributed by atoms with Gasteiger partial charge in [-0.3, -0.25) is 0 Å². The van der Waals surface area contributed by atoms with Gasteiger partial charge in [0, 0.05) is 43.7 Å². The number of benzene rings is 1. The van der Waals surface area contributed by atoms with Gasteiger partial charge in [0.2, 0.25) is 0 Å². The van der Waals surface area contributed by atoms with Gasteiger partial charge in [-0.2, -0.15) is 9.78 Å². The molecule has 0 bridgehead atoms. The number of hydrogen-bond acceptors (Lipinski definition) is 8. The van der Waals surface area contributed by atoms with Gasteiger partial charge in [-0.1, -0.05) is 39.0 Å². The standard InChI is InChI=1S/C31H35FN8O2S/c1-6-21-26(37(5)28-35-25(22(17-33)43-28)19-7-9-20(32)10-8-19)40-23(34-21)11-12-24(36-40)38-15-13-31(18-38)14-16-39(29(41)42)27(31)30(2,3)4/h7-12,27H,6,13-16,18H2,1-5H3,(H,41,42). The van der Waals surface area contributed by atoms with Gasteiger partial charge in [0.25, 0.3) is 0 Å². The molecule has 2 unspecified atom stereocenters. The van der Waals surface area contributed by atoms with E-state index in [0.29, 0.717) is 39.9 Å². The van der Waals surface area contributed by atoms with Crippen LogP contribution in [0.1, 0.15) is 51.1 Å². The largest absolute Gasteiger partial charge is 0.465 e. The van der Waals surface area contributed by atoms with Crippen molar-refractivity contribution >= 4 is 39.8 Å². The Bertz CT molecular complexity index is 1740. The molecule has 43 heavy (non-hydrogen) atoms. The fraction of sp³-hybridized carbons (Fsp3) is 0.452. The Hall–Kier alpha value is -4.24. The molecule has 12 heteroatoms. The van der Waals surface area contributed by atoms with Gasteiger partial charge in [0.05, 0.1) is 5.69 Å². The molecule has 5 heterocycles. The molecule has 1 N–H and O–H groups in total. The van der Waals surface area contributed by atoms with E-state index in [1.807, 2.05) is 35.5 Å². The lowest BCUT2D eigenvalue weighted by atomic mass is 9.68. The van der Waals surface area contributed by atoms with Gasteiger partial charge in [-0.05, 0) is 61.1 Å². The van der Waals surface area contributed by atoms with Crippen LogP contribution < -0.4 is 9.80 Å². The zero-order valence-corrected chi connectivity index (χ0v) is 25.8. The SMILES string of the molecule is CCc1nc2ccc(N3CCC4(CCN(C(=O)O)C4C(C)(C)C)C3)nn2c1N(C)c1nc(-c2ccc(F)cc2)c(C#N)s1. The van der Waals surface area contributed by atoms with Crippen LogP contribution in [0.3, 0.4) is 0 Å². The molecule has 6 rings (SSSR count). The molecule has 4 aromatic rings. The van der Waals surface area contributed by atoms with E-state index in [0.717, 1.165) is 43.3 Å². The highest BCUT2D eigenvalue weighted by molar-refractivity contribution is 7.16. The molecule has 3 aromatic heterocycles. The van der Waals surface area contributed by atoms with E-state index in [2.05, 4.69) is 31.7 Å². The summed E-state index contributed by atoms with van der Waals surface area (Å²) in [6.07, 6.45) is 1.56. The Balaban J connectivity index is 1.35. The topological polar surface area (TPSA) is 114 Å². The first-order valence-electron chi connectivity index (χ1n) is 14.5. The third-order valence-corrected chi connectivity index (χ3v) is 9.84. The lowest BCUT2D eigenvalue weighted by molar-refractivity contribution is 0.0615. The quantitative estimate of drug-likeness (QED) is 0.288. The van der Waals surface area contributed by atoms with Gasteiger partial charge in [0.1, 0.15) is 28.3 Å². The Labute approximate surface area is 254 Å². The summed E-state index contributed by atoms with van der Waals surface area (Å²) >= 11 is 1.27. The lowest BCUT2D eigenvalue weighted by Gasteiger charge is -2.42. The van der Waals surface area contributed by atoms with Crippen LogP contribution in [0.15, 0.2) is 36.4 Å². The van der Waals surface area contributed by atoms with Crippen molar-refractivity contribution in [2.75, 3.05) is 36.5 Å². The number of aryl methyl sites for hydroxylation is 1. The zero-order chi connectivity index (χ0) is 30.7. The van der Waals surface area contributed by atoms with E-state index in [-0.39, 0.29) is 22.7 Å². The number of fused-ring (bicyclic) bond motifs is 1. The molecule has 0 aliphatic carbocycles. The van der Waals surface area contributed by atoms with Crippen molar-refractivity contribution in [3.63, 3.8) is 0 Å². The zero-order valence-electron chi connectivity index (χ0n) is 25.0. The fourth-order valence-electron chi connectivity index (χ4n) is 7.17. The smallest absolute Gasteiger partial charge is 0.407 e. The molecule has 2 aliphatic heterocycles. The first-order valence-corrected chi connectivity index (χ1v) is 15.3. The number of anilines is 3. The first kappa shape index (κ1) is 28.9. The van der Waals surface area contributed by atoms with Crippen LogP contribution in [0.5, 0.6) is 0 Å². The van der Waals surface area contributed by atoms with Crippen LogP contribution in [-0.4, -0.2) is 68.4 Å². The van der Waals surface area contributed by atoms with E-state index in [4.69, 9.17) is 15.1 Å². The van der Waals surface area contributed by atoms with Gasteiger partial charge in [-0.25, -0.2) is 19.2 Å². The Morgan fingerprint density at radius 1 is 1.19 bits per heavy atom. The molecule has 2 aliphatic rings. The van der Waals surface area contributed by atoms with Crippen molar-refractivity contribution in [3.05, 3.63) is 52.8 Å². The van der Waals surface area contributed by atoms with Gasteiger partial charge < -0.3 is 19.8 Å². The minimum Gasteiger partial charge on any atom is -0.465 e. The third-order valence-electron chi connectivity index (χ3n) is 8.80. The number of aromatic nitrogens is 4. The van der Waals surface area contributed by atoms with Gasteiger partial charge in [-0.15, -0.1) is 5.10 Å². The maximum atomic E-state index is 13.6. The predicted octanol–water partition coefficient (Wildman–Crippen LogP) is 6.19. The molecular weight excluding hydrogens is 567 g/mol. The summed E-state index contributed by atoms with van der Waals surface area (Å²) in [5.41, 5.74) is 2.41. The highest BCUT2D eigenvalue weighted by atomic mass is 32.1. The summed E-state index contributed by atoms with van der Waals surface area (Å²) < 4.78 is 15.4. The number of thiazole rings is 1. The summed E-state index contributed by atoms with van der Waals surface area (Å²) in [7, 11) is 1.89. The summed E-state index contributed by atoms with van der Waals surface area (Å²) in [5, 5.41) is 25.5. The molecule has 0 radical (unpaired) electrons. The number of imidazole rings is 1. The second-order valence-electron chi connectivity index (χ2n) is 12.6. The molecule has 1 aromatic carbocycles. The molecule has 1 spiro atoms. The molecule has 2 saturated heterocycles. The molecule has 2 atom stereocenters. The number of carboxylic acid groups (broad SMARTS) is 1. The normalized spacial score (nSPS) is 20.3. The summed E-state index contributed by atoms with van der Waals surface area (Å²) in [6, 6.07) is 12.1. The van der Waals surface area contributed by atoms with E-state index in [9.17, 15) is 19.6 Å². The maximum absolute atomic E-state index is 13.6. The van der Waals surface area contributed by atoms with Crippen LogP contribution in [0.2, 0.25) is 0 Å². The van der Waals surface area contributed by atoms with Crippen LogP contribution in [0.4, 0.5) is 26.0 Å². The van der Waals surface area contributed by atoms with Crippen molar-refractivity contribution in [3.8, 4) is 17.3 Å². The average Bonchev–Trinajstić information content (AvgIpc) is 3.76. The van der Waals surface area contributed by atoms with E-state index < -0.39 is 6.09 Å². The monoisotopic (exact) mass is 602 g/mol. The number of nitriles is 1. The van der Waals surface area contributed by atoms with Crippen molar-refractivity contribution in [2.45, 2.75) is 53.0 Å². The van der Waals surface area contributed by atoms with Crippen molar-refractivity contribution in [2.24, 2.45) is 10.8 Å². The number of nitrogens with zero attached hydrogens (tertiary/aromatic N) is 8. The number of rotatable bonds is 5. The molecule has 10 nitrogen and oxygen atoms in total. The van der Waals surface area contributed by atoms with Crippen LogP contribution in [0.25, 0.3) is 16.9 Å². The second kappa shape index (κ2) is 10.5. The highest BCUT2D eigenvalue weighted by Gasteiger charge is 2.56. The van der Waals surface area contributed by atoms with E-state index >= 15 is 0 Å². The summed E-state index contributed by atoms with van der Waals surface area (Å²) in [6.45, 7) is 10.5. The molecule has 224 valence electrons. The second-order valence-corrected chi connectivity index (χ2v) is 13.6. The Kier molecular flexibility index (Phi) is 7.04. The van der Waals surface area contributed by atoms with Crippen molar-refractivity contribution < 1.29 is 14.3 Å². The fourth-order valence-corrected chi connectivity index (χ4v) is 8.02. The van der Waals surface area contributed by atoms with Gasteiger partial charge in [0.15, 0.2) is 16.6 Å². The van der Waals surface area contributed by atoms with Crippen molar-refractivity contribution in [1.82, 2.24) is 24.5 Å². The molecular formula is C31H35FN8O2S. The third kappa shape index (κ3) is 4.85. The lowest BCUT2D eigenvalue weighted by Crippen LogP contribution is -2.51. The van der Waals surface area contributed by atoms with Crippen LogP contribution >= 0.6 is 11.3 Å². The minimum absolute atomic E-state index is 0.0811.